The van der Waals surface area contributed by atoms with Crippen molar-refractivity contribution in [3.05, 3.63) is 28.8 Å². The first kappa shape index (κ1) is 9.56. The predicted molar refractivity (Wildman–Crippen MR) is 50.5 cm³/mol. The zero-order valence-electron chi connectivity index (χ0n) is 6.97. The van der Waals surface area contributed by atoms with E-state index < -0.39 is 0 Å². The van der Waals surface area contributed by atoms with Gasteiger partial charge in [0.15, 0.2) is 0 Å². The molecule has 13 heavy (non-hydrogen) atoms. The molecule has 0 bridgehead atoms. The van der Waals surface area contributed by atoms with Gasteiger partial charge in [-0.3, -0.25) is 4.79 Å². The van der Waals surface area contributed by atoms with Crippen LogP contribution in [0.3, 0.4) is 0 Å². The summed E-state index contributed by atoms with van der Waals surface area (Å²) in [5.74, 6) is -0.211. The molecule has 0 atom stereocenters. The van der Waals surface area contributed by atoms with Gasteiger partial charge in [-0.05, 0) is 18.2 Å². The van der Waals surface area contributed by atoms with E-state index in [2.05, 4.69) is 5.32 Å². The molecule has 0 fully saturated rings. The number of carbonyl (C=O) groups excluding carboxylic acids is 1. The number of hydrogen-bond acceptors (Lipinski definition) is 2. The van der Waals surface area contributed by atoms with Crippen molar-refractivity contribution in [1.29, 1.82) is 5.26 Å². The van der Waals surface area contributed by atoms with E-state index in [-0.39, 0.29) is 5.91 Å². The lowest BCUT2D eigenvalue weighted by atomic mass is 10.2. The van der Waals surface area contributed by atoms with Crippen LogP contribution < -0.4 is 5.32 Å². The Bertz CT molecular complexity index is 382. The molecular weight excluding hydrogens is 188 g/mol. The zero-order chi connectivity index (χ0) is 9.84. The van der Waals surface area contributed by atoms with Crippen LogP contribution in [0.25, 0.3) is 0 Å². The fourth-order valence-corrected chi connectivity index (χ4v) is 1.05. The Morgan fingerprint density at radius 3 is 2.85 bits per heavy atom. The van der Waals surface area contributed by atoms with Gasteiger partial charge in [0.1, 0.15) is 0 Å². The first-order valence-corrected chi connectivity index (χ1v) is 3.98. The number of halogens is 1. The van der Waals surface area contributed by atoms with Gasteiger partial charge in [-0.1, -0.05) is 11.6 Å². The molecule has 0 aliphatic heterocycles. The second-order valence-electron chi connectivity index (χ2n) is 2.49. The second-order valence-corrected chi connectivity index (χ2v) is 2.89. The van der Waals surface area contributed by atoms with Gasteiger partial charge in [-0.25, -0.2) is 0 Å². The van der Waals surface area contributed by atoms with Gasteiger partial charge in [0.2, 0.25) is 5.91 Å². The summed E-state index contributed by atoms with van der Waals surface area (Å²) in [6.45, 7) is 1.38. The SMILES string of the molecule is CC(=O)Nc1cc(C#N)ccc1Cl. The van der Waals surface area contributed by atoms with Crippen molar-refractivity contribution in [2.75, 3.05) is 5.32 Å². The van der Waals surface area contributed by atoms with Crippen LogP contribution in [0.15, 0.2) is 18.2 Å². The molecule has 66 valence electrons. The van der Waals surface area contributed by atoms with Gasteiger partial charge in [0, 0.05) is 6.92 Å². The summed E-state index contributed by atoms with van der Waals surface area (Å²) in [5, 5.41) is 11.5. The zero-order valence-corrected chi connectivity index (χ0v) is 7.72. The van der Waals surface area contributed by atoms with E-state index in [0.717, 1.165) is 0 Å². The maximum atomic E-state index is 10.7. The van der Waals surface area contributed by atoms with Crippen LogP contribution in [0.2, 0.25) is 5.02 Å². The summed E-state index contributed by atoms with van der Waals surface area (Å²) >= 11 is 5.77. The summed E-state index contributed by atoms with van der Waals surface area (Å²) in [7, 11) is 0. The Hall–Kier alpha value is -1.53. The van der Waals surface area contributed by atoms with Gasteiger partial charge in [-0.15, -0.1) is 0 Å². The van der Waals surface area contributed by atoms with Gasteiger partial charge < -0.3 is 5.32 Å². The molecule has 0 heterocycles. The maximum Gasteiger partial charge on any atom is 0.221 e. The Kier molecular flexibility index (Phi) is 2.88. The van der Waals surface area contributed by atoms with E-state index in [1.807, 2.05) is 6.07 Å². The number of nitriles is 1. The highest BCUT2D eigenvalue weighted by Gasteiger charge is 2.02. The number of anilines is 1. The number of carbonyl (C=O) groups is 1. The molecule has 1 amide bonds. The van der Waals surface area contributed by atoms with E-state index in [9.17, 15) is 4.79 Å². The number of benzene rings is 1. The van der Waals surface area contributed by atoms with Crippen LogP contribution in [0.1, 0.15) is 12.5 Å². The minimum absolute atomic E-state index is 0.211. The molecule has 0 aliphatic rings. The molecule has 1 rings (SSSR count). The van der Waals surface area contributed by atoms with Crippen LogP contribution in [0, 0.1) is 11.3 Å². The van der Waals surface area contributed by atoms with Gasteiger partial charge in [0.25, 0.3) is 0 Å². The Morgan fingerprint density at radius 2 is 2.31 bits per heavy atom. The lowest BCUT2D eigenvalue weighted by molar-refractivity contribution is -0.114. The van der Waals surface area contributed by atoms with Crippen molar-refractivity contribution in [2.24, 2.45) is 0 Å². The van der Waals surface area contributed by atoms with Gasteiger partial charge >= 0.3 is 0 Å². The highest BCUT2D eigenvalue weighted by Crippen LogP contribution is 2.22. The third-order valence-corrected chi connectivity index (χ3v) is 1.74. The fraction of sp³-hybridized carbons (Fsp3) is 0.111. The normalized spacial score (nSPS) is 9.00. The van der Waals surface area contributed by atoms with E-state index in [1.165, 1.54) is 13.0 Å². The summed E-state index contributed by atoms with van der Waals surface area (Å²) in [6.07, 6.45) is 0. The van der Waals surface area contributed by atoms with Crippen molar-refractivity contribution in [3.8, 4) is 6.07 Å². The van der Waals surface area contributed by atoms with E-state index in [0.29, 0.717) is 16.3 Å². The number of nitrogens with one attached hydrogen (secondary N) is 1. The molecule has 4 heteroatoms. The molecule has 0 aliphatic carbocycles. The topological polar surface area (TPSA) is 52.9 Å². The molecule has 0 unspecified atom stereocenters. The molecule has 1 aromatic rings. The molecule has 0 saturated heterocycles. The second kappa shape index (κ2) is 3.92. The van der Waals surface area contributed by atoms with Crippen molar-refractivity contribution < 1.29 is 4.79 Å². The van der Waals surface area contributed by atoms with E-state index in [1.54, 1.807) is 12.1 Å². The summed E-state index contributed by atoms with van der Waals surface area (Å²) in [5.41, 5.74) is 0.932. The van der Waals surface area contributed by atoms with Crippen LogP contribution >= 0.6 is 11.6 Å². The average Bonchev–Trinajstić information content (AvgIpc) is 2.08. The Morgan fingerprint density at radius 1 is 1.62 bits per heavy atom. The largest absolute Gasteiger partial charge is 0.325 e. The monoisotopic (exact) mass is 194 g/mol. The fourth-order valence-electron chi connectivity index (χ4n) is 0.880. The van der Waals surface area contributed by atoms with Crippen molar-refractivity contribution in [3.63, 3.8) is 0 Å². The molecule has 0 aromatic heterocycles. The first-order chi connectivity index (χ1) is 6.13. The molecule has 3 nitrogen and oxygen atoms in total. The molecule has 1 aromatic carbocycles. The van der Waals surface area contributed by atoms with E-state index in [4.69, 9.17) is 16.9 Å². The Balaban J connectivity index is 3.05. The van der Waals surface area contributed by atoms with Crippen LogP contribution in [-0.4, -0.2) is 5.91 Å². The van der Waals surface area contributed by atoms with Crippen LogP contribution in [-0.2, 0) is 4.79 Å². The minimum Gasteiger partial charge on any atom is -0.325 e. The third-order valence-electron chi connectivity index (χ3n) is 1.41. The number of nitrogens with zero attached hydrogens (tertiary/aromatic N) is 1. The lowest BCUT2D eigenvalue weighted by Crippen LogP contribution is -2.06. The molecular formula is C9H7ClN2O. The first-order valence-electron chi connectivity index (χ1n) is 3.60. The highest BCUT2D eigenvalue weighted by atomic mass is 35.5. The van der Waals surface area contributed by atoms with Gasteiger partial charge in [0.05, 0.1) is 22.3 Å². The average molecular weight is 195 g/mol. The van der Waals surface area contributed by atoms with Crippen molar-refractivity contribution >= 4 is 23.2 Å². The Labute approximate surface area is 80.9 Å². The van der Waals surface area contributed by atoms with Crippen LogP contribution in [0.5, 0.6) is 0 Å². The number of hydrogen-bond donors (Lipinski definition) is 1. The molecule has 0 radical (unpaired) electrons. The standard InChI is InChI=1S/C9H7ClN2O/c1-6(13)12-9-4-7(5-11)2-3-8(9)10/h2-4H,1H3,(H,12,13). The molecule has 1 N–H and O–H groups in total. The minimum atomic E-state index is -0.211. The van der Waals surface area contributed by atoms with Crippen molar-refractivity contribution in [1.82, 2.24) is 0 Å². The summed E-state index contributed by atoms with van der Waals surface area (Å²) in [6, 6.07) is 6.66. The lowest BCUT2D eigenvalue weighted by Gasteiger charge is -2.03. The van der Waals surface area contributed by atoms with E-state index >= 15 is 0 Å². The molecule has 0 spiro atoms. The maximum absolute atomic E-state index is 10.7. The quantitative estimate of drug-likeness (QED) is 0.745. The van der Waals surface area contributed by atoms with Gasteiger partial charge in [-0.2, -0.15) is 5.26 Å². The van der Waals surface area contributed by atoms with Crippen molar-refractivity contribution in [2.45, 2.75) is 6.92 Å². The highest BCUT2D eigenvalue weighted by molar-refractivity contribution is 6.33. The van der Waals surface area contributed by atoms with Crippen LogP contribution in [0.4, 0.5) is 5.69 Å². The number of amides is 1. The predicted octanol–water partition coefficient (Wildman–Crippen LogP) is 2.17. The molecule has 0 saturated carbocycles. The smallest absolute Gasteiger partial charge is 0.221 e. The number of rotatable bonds is 1. The summed E-state index contributed by atoms with van der Waals surface area (Å²) in [4.78, 5) is 10.7. The third kappa shape index (κ3) is 2.46. The summed E-state index contributed by atoms with van der Waals surface area (Å²) < 4.78 is 0.